The molecule has 0 unspecified atom stereocenters. The van der Waals surface area contributed by atoms with E-state index in [4.69, 9.17) is 0 Å². The van der Waals surface area contributed by atoms with Crippen molar-refractivity contribution < 1.29 is 14.7 Å². The van der Waals surface area contributed by atoms with Gasteiger partial charge in [-0.2, -0.15) is 5.10 Å². The molecule has 1 amide bonds. The van der Waals surface area contributed by atoms with Crippen molar-refractivity contribution in [1.29, 1.82) is 0 Å². The Morgan fingerprint density at radius 3 is 2.52 bits per heavy atom. The molecule has 2 atom stereocenters. The van der Waals surface area contributed by atoms with Crippen molar-refractivity contribution in [3.63, 3.8) is 0 Å². The highest BCUT2D eigenvalue weighted by atomic mass is 16.4. The van der Waals surface area contributed by atoms with E-state index in [0.717, 1.165) is 18.5 Å². The average Bonchev–Trinajstić information content (AvgIpc) is 3.11. The van der Waals surface area contributed by atoms with E-state index in [1.165, 1.54) is 19.3 Å². The molecule has 0 aromatic carbocycles. The molecule has 0 spiro atoms. The van der Waals surface area contributed by atoms with Crippen LogP contribution in [0.5, 0.6) is 0 Å². The molecule has 1 aromatic heterocycles. The zero-order valence-electron chi connectivity index (χ0n) is 13.9. The maximum atomic E-state index is 12.8. The van der Waals surface area contributed by atoms with Gasteiger partial charge in [-0.1, -0.05) is 26.2 Å². The molecular formula is C17H25N3O3. The molecule has 0 bridgehead atoms. The standard InChI is InChI=1S/C17H25N3O3/c1-11-9-19(10-15(11)17(22)23)16(21)14-8-18-20(12(14)2)13-6-4-3-5-7-13/h8,11,13,15H,3-7,9-10H2,1-2H3,(H,22,23)/t11-,15-/m1/s1. The van der Waals surface area contributed by atoms with E-state index in [-0.39, 0.29) is 11.8 Å². The normalized spacial score (nSPS) is 25.7. The van der Waals surface area contributed by atoms with Gasteiger partial charge in [0.25, 0.3) is 5.91 Å². The van der Waals surface area contributed by atoms with Gasteiger partial charge in [0.05, 0.1) is 23.7 Å². The second-order valence-electron chi connectivity index (χ2n) is 7.01. The van der Waals surface area contributed by atoms with E-state index >= 15 is 0 Å². The molecule has 2 aliphatic rings. The highest BCUT2D eigenvalue weighted by Gasteiger charge is 2.38. The molecule has 2 fully saturated rings. The molecule has 1 saturated carbocycles. The summed E-state index contributed by atoms with van der Waals surface area (Å²) in [5, 5.41) is 13.7. The molecule has 1 aliphatic carbocycles. The van der Waals surface area contributed by atoms with Crippen LogP contribution in [0.25, 0.3) is 0 Å². The molecule has 126 valence electrons. The van der Waals surface area contributed by atoms with Crippen LogP contribution in [-0.4, -0.2) is 44.8 Å². The fraction of sp³-hybridized carbons (Fsp3) is 0.706. The van der Waals surface area contributed by atoms with E-state index in [1.54, 1.807) is 11.1 Å². The lowest BCUT2D eigenvalue weighted by molar-refractivity contribution is -0.142. The van der Waals surface area contributed by atoms with E-state index in [2.05, 4.69) is 5.10 Å². The highest BCUT2D eigenvalue weighted by Crippen LogP contribution is 2.30. The molecule has 6 heteroatoms. The largest absolute Gasteiger partial charge is 0.481 e. The first-order valence-electron chi connectivity index (χ1n) is 8.55. The number of hydrogen-bond acceptors (Lipinski definition) is 3. The number of carbonyl (C=O) groups is 2. The summed E-state index contributed by atoms with van der Waals surface area (Å²) in [6, 6.07) is 0.398. The molecule has 6 nitrogen and oxygen atoms in total. The van der Waals surface area contributed by atoms with Crippen LogP contribution in [0.3, 0.4) is 0 Å². The second-order valence-corrected chi connectivity index (χ2v) is 7.01. The number of carboxylic acids is 1. The van der Waals surface area contributed by atoms with E-state index < -0.39 is 11.9 Å². The minimum atomic E-state index is -0.817. The number of nitrogens with zero attached hydrogens (tertiary/aromatic N) is 3. The minimum absolute atomic E-state index is 0.00912. The van der Waals surface area contributed by atoms with Gasteiger partial charge in [-0.3, -0.25) is 14.3 Å². The van der Waals surface area contributed by atoms with Gasteiger partial charge in [0.15, 0.2) is 0 Å². The van der Waals surface area contributed by atoms with Crippen LogP contribution >= 0.6 is 0 Å². The van der Waals surface area contributed by atoms with Crippen molar-refractivity contribution in [2.24, 2.45) is 11.8 Å². The SMILES string of the molecule is Cc1c(C(=O)N2C[C@@H](C)[C@H](C(=O)O)C2)cnn1C1CCCCC1. The molecule has 1 aliphatic heterocycles. The monoisotopic (exact) mass is 319 g/mol. The van der Waals surface area contributed by atoms with Crippen LogP contribution in [-0.2, 0) is 4.79 Å². The third-order valence-electron chi connectivity index (χ3n) is 5.41. The summed E-state index contributed by atoms with van der Waals surface area (Å²) < 4.78 is 2.00. The number of amides is 1. The Morgan fingerprint density at radius 2 is 1.91 bits per heavy atom. The van der Waals surface area contributed by atoms with Crippen molar-refractivity contribution >= 4 is 11.9 Å². The number of rotatable bonds is 3. The minimum Gasteiger partial charge on any atom is -0.481 e. The Morgan fingerprint density at radius 1 is 1.22 bits per heavy atom. The second kappa shape index (κ2) is 6.34. The number of likely N-dealkylation sites (tertiary alicyclic amines) is 1. The zero-order chi connectivity index (χ0) is 16.6. The predicted octanol–water partition coefficient (Wildman–Crippen LogP) is 2.49. The lowest BCUT2D eigenvalue weighted by Crippen LogP contribution is -2.30. The van der Waals surface area contributed by atoms with Crippen molar-refractivity contribution in [3.8, 4) is 0 Å². The summed E-state index contributed by atoms with van der Waals surface area (Å²) >= 11 is 0. The summed E-state index contributed by atoms with van der Waals surface area (Å²) in [5.41, 5.74) is 1.53. The Hall–Kier alpha value is -1.85. The fourth-order valence-electron chi connectivity index (χ4n) is 3.95. The molecule has 23 heavy (non-hydrogen) atoms. The number of carboxylic acid groups (broad SMARTS) is 1. The van der Waals surface area contributed by atoms with Gasteiger partial charge < -0.3 is 10.0 Å². The number of aliphatic carboxylic acids is 1. The van der Waals surface area contributed by atoms with Gasteiger partial charge in [-0.25, -0.2) is 0 Å². The maximum absolute atomic E-state index is 12.8. The van der Waals surface area contributed by atoms with Crippen molar-refractivity contribution in [2.75, 3.05) is 13.1 Å². The summed E-state index contributed by atoms with van der Waals surface area (Å²) in [6.07, 6.45) is 7.63. The number of hydrogen-bond donors (Lipinski definition) is 1. The van der Waals surface area contributed by atoms with Gasteiger partial charge in [0, 0.05) is 18.8 Å². The molecule has 3 rings (SSSR count). The first-order chi connectivity index (χ1) is 11.0. The molecule has 0 radical (unpaired) electrons. The van der Waals surface area contributed by atoms with Gasteiger partial charge in [0.1, 0.15) is 0 Å². The molecule has 1 aromatic rings. The summed E-state index contributed by atoms with van der Waals surface area (Å²) in [5.74, 6) is -1.37. The quantitative estimate of drug-likeness (QED) is 0.928. The third kappa shape index (κ3) is 2.99. The van der Waals surface area contributed by atoms with Crippen LogP contribution < -0.4 is 0 Å². The molecule has 1 N–H and O–H groups in total. The Labute approximate surface area is 136 Å². The van der Waals surface area contributed by atoms with Gasteiger partial charge >= 0.3 is 5.97 Å². The average molecular weight is 319 g/mol. The van der Waals surface area contributed by atoms with Crippen molar-refractivity contribution in [1.82, 2.24) is 14.7 Å². The molecule has 2 heterocycles. The Balaban J connectivity index is 1.76. The number of aromatic nitrogens is 2. The zero-order valence-corrected chi connectivity index (χ0v) is 13.9. The Bertz CT molecular complexity index is 604. The van der Waals surface area contributed by atoms with E-state index in [0.29, 0.717) is 24.7 Å². The topological polar surface area (TPSA) is 75.4 Å². The predicted molar refractivity (Wildman–Crippen MR) is 85.3 cm³/mol. The summed E-state index contributed by atoms with van der Waals surface area (Å²) in [6.45, 7) is 4.64. The van der Waals surface area contributed by atoms with Gasteiger partial charge in [0.2, 0.25) is 0 Å². The van der Waals surface area contributed by atoms with Crippen LogP contribution in [0.2, 0.25) is 0 Å². The van der Waals surface area contributed by atoms with Gasteiger partial charge in [-0.15, -0.1) is 0 Å². The smallest absolute Gasteiger partial charge is 0.308 e. The van der Waals surface area contributed by atoms with Crippen LogP contribution in [0.15, 0.2) is 6.20 Å². The van der Waals surface area contributed by atoms with Crippen molar-refractivity contribution in [2.45, 2.75) is 52.0 Å². The molecule has 1 saturated heterocycles. The Kier molecular flexibility index (Phi) is 4.41. The summed E-state index contributed by atoms with van der Waals surface area (Å²) in [7, 11) is 0. The first-order valence-corrected chi connectivity index (χ1v) is 8.55. The fourth-order valence-corrected chi connectivity index (χ4v) is 3.95. The maximum Gasteiger partial charge on any atom is 0.308 e. The summed E-state index contributed by atoms with van der Waals surface area (Å²) in [4.78, 5) is 25.7. The van der Waals surface area contributed by atoms with Crippen LogP contribution in [0, 0.1) is 18.8 Å². The molecular weight excluding hydrogens is 294 g/mol. The van der Waals surface area contributed by atoms with Crippen LogP contribution in [0.1, 0.15) is 61.1 Å². The van der Waals surface area contributed by atoms with E-state index in [9.17, 15) is 14.7 Å². The van der Waals surface area contributed by atoms with Crippen LogP contribution in [0.4, 0.5) is 0 Å². The highest BCUT2D eigenvalue weighted by molar-refractivity contribution is 5.95. The van der Waals surface area contributed by atoms with E-state index in [1.807, 2.05) is 18.5 Å². The third-order valence-corrected chi connectivity index (χ3v) is 5.41. The van der Waals surface area contributed by atoms with Crippen molar-refractivity contribution in [3.05, 3.63) is 17.5 Å². The first kappa shape index (κ1) is 16.0. The lowest BCUT2D eigenvalue weighted by Gasteiger charge is -2.23. The number of carbonyl (C=O) groups excluding carboxylic acids is 1. The van der Waals surface area contributed by atoms with Gasteiger partial charge in [-0.05, 0) is 25.7 Å². The lowest BCUT2D eigenvalue weighted by atomic mass is 9.95.